The van der Waals surface area contributed by atoms with E-state index in [0.29, 0.717) is 10.7 Å². The lowest BCUT2D eigenvalue weighted by atomic mass is 9.77. The zero-order valence-electron chi connectivity index (χ0n) is 28.5. The summed E-state index contributed by atoms with van der Waals surface area (Å²) in [6.45, 7) is -3.35. The van der Waals surface area contributed by atoms with Crippen molar-refractivity contribution in [3.8, 4) is 0 Å². The van der Waals surface area contributed by atoms with Crippen LogP contribution in [0.15, 0.2) is 154 Å². The number of amides is 2. The predicted octanol–water partition coefficient (Wildman–Crippen LogP) is 6.93. The van der Waals surface area contributed by atoms with Crippen molar-refractivity contribution >= 4 is 63.5 Å². The first kappa shape index (κ1) is 37.5. The predicted molar refractivity (Wildman–Crippen MR) is 207 cm³/mol. The molecule has 0 bridgehead atoms. The number of pyridine rings is 1. The number of oxime groups is 1. The number of alkyl halides is 2. The fraction of sp³-hybridized carbons (Fsp3) is 0.128. The van der Waals surface area contributed by atoms with Gasteiger partial charge >= 0.3 is 12.6 Å². The summed E-state index contributed by atoms with van der Waals surface area (Å²) >= 11 is 3.71. The molecule has 16 heteroatoms. The Labute approximate surface area is 326 Å². The first-order valence-corrected chi connectivity index (χ1v) is 19.4. The number of β-lactam (4-membered cyclic amide) rings is 1. The van der Waals surface area contributed by atoms with Crippen molar-refractivity contribution in [2.75, 3.05) is 11.1 Å². The zero-order chi connectivity index (χ0) is 38.4. The molecule has 55 heavy (non-hydrogen) atoms. The van der Waals surface area contributed by atoms with Crippen LogP contribution in [0.3, 0.4) is 0 Å². The van der Waals surface area contributed by atoms with Crippen molar-refractivity contribution in [2.24, 2.45) is 5.16 Å². The minimum Gasteiger partial charge on any atom is -0.477 e. The Balaban J connectivity index is 1.15. The lowest BCUT2D eigenvalue weighted by molar-refractivity contribution is -0.150. The van der Waals surface area contributed by atoms with Crippen LogP contribution in [0, 0.1) is 0 Å². The van der Waals surface area contributed by atoms with Gasteiger partial charge < -0.3 is 20.6 Å². The van der Waals surface area contributed by atoms with Gasteiger partial charge in [-0.05, 0) is 45.9 Å². The Kier molecular flexibility index (Phi) is 11.4. The van der Waals surface area contributed by atoms with Gasteiger partial charge in [-0.3, -0.25) is 19.5 Å². The second-order valence-electron chi connectivity index (χ2n) is 12.0. The van der Waals surface area contributed by atoms with E-state index in [4.69, 9.17) is 0 Å². The Morgan fingerprint density at radius 1 is 0.982 bits per heavy atom. The summed E-state index contributed by atoms with van der Waals surface area (Å²) in [6, 6.07) is 31.6. The van der Waals surface area contributed by atoms with Crippen molar-refractivity contribution in [3.63, 3.8) is 0 Å². The van der Waals surface area contributed by atoms with Gasteiger partial charge in [-0.2, -0.15) is 8.78 Å². The number of hydrogen-bond donors (Lipinski definition) is 3. The van der Waals surface area contributed by atoms with Gasteiger partial charge in [0.25, 0.3) is 11.8 Å². The van der Waals surface area contributed by atoms with E-state index in [1.165, 1.54) is 28.9 Å². The minimum atomic E-state index is -3.35. The average Bonchev–Trinajstić information content (AvgIpc) is 3.67. The van der Waals surface area contributed by atoms with Crippen molar-refractivity contribution in [2.45, 2.75) is 28.5 Å². The number of fused-ring (bicyclic) bond motifs is 1. The van der Waals surface area contributed by atoms with Crippen LogP contribution in [-0.2, 0) is 24.8 Å². The lowest BCUT2D eigenvalue weighted by Gasteiger charge is -2.49. The van der Waals surface area contributed by atoms with E-state index in [1.807, 2.05) is 97.1 Å². The minimum absolute atomic E-state index is 0.0849. The smallest absolute Gasteiger partial charge is 0.407 e. The largest absolute Gasteiger partial charge is 0.477 e. The zero-order valence-corrected chi connectivity index (χ0v) is 30.9. The van der Waals surface area contributed by atoms with E-state index in [2.05, 4.69) is 30.6 Å². The number of thiazole rings is 1. The van der Waals surface area contributed by atoms with E-state index in [1.54, 1.807) is 29.9 Å². The van der Waals surface area contributed by atoms with Crippen LogP contribution >= 0.6 is 34.9 Å². The highest BCUT2D eigenvalue weighted by atomic mass is 32.2. The van der Waals surface area contributed by atoms with Crippen LogP contribution < -0.4 is 10.6 Å². The fourth-order valence-corrected chi connectivity index (χ4v) is 9.01. The van der Waals surface area contributed by atoms with Gasteiger partial charge in [0.15, 0.2) is 10.8 Å². The highest BCUT2D eigenvalue weighted by molar-refractivity contribution is 8.02. The van der Waals surface area contributed by atoms with Crippen molar-refractivity contribution in [1.82, 2.24) is 20.2 Å². The van der Waals surface area contributed by atoms with E-state index in [0.717, 1.165) is 37.8 Å². The Bertz CT molecular complexity index is 2160. The quantitative estimate of drug-likeness (QED) is 0.0356. The highest BCUT2D eigenvalue weighted by Gasteiger charge is 2.54. The molecule has 278 valence electrons. The third-order valence-corrected chi connectivity index (χ3v) is 11.5. The van der Waals surface area contributed by atoms with Gasteiger partial charge in [0.2, 0.25) is 0 Å². The van der Waals surface area contributed by atoms with E-state index in [9.17, 15) is 28.3 Å². The summed E-state index contributed by atoms with van der Waals surface area (Å²) in [5.74, 6) is -2.75. The molecule has 1 saturated heterocycles. The first-order valence-electron chi connectivity index (χ1n) is 16.6. The summed E-state index contributed by atoms with van der Waals surface area (Å²) in [4.78, 5) is 54.4. The van der Waals surface area contributed by atoms with Crippen LogP contribution in [0.1, 0.15) is 22.4 Å². The second kappa shape index (κ2) is 16.7. The molecular weight excluding hydrogens is 767 g/mol. The number of benzene rings is 3. The molecular formula is C39H30F2N6O5S3. The maximum Gasteiger partial charge on any atom is 0.407 e. The van der Waals surface area contributed by atoms with E-state index in [-0.39, 0.29) is 17.1 Å². The van der Waals surface area contributed by atoms with Gasteiger partial charge in [-0.1, -0.05) is 108 Å². The number of hydrogen-bond acceptors (Lipinski definition) is 11. The molecule has 2 amide bonds. The Morgan fingerprint density at radius 2 is 1.62 bits per heavy atom. The molecule has 2 aliphatic heterocycles. The number of thioether (sulfide) groups is 2. The molecule has 0 spiro atoms. The van der Waals surface area contributed by atoms with Gasteiger partial charge in [0.1, 0.15) is 28.3 Å². The number of rotatable bonds is 14. The molecule has 11 nitrogen and oxygen atoms in total. The molecule has 0 radical (unpaired) electrons. The van der Waals surface area contributed by atoms with E-state index >= 15 is 0 Å². The number of carbonyl (C=O) groups is 3. The number of nitrogens with zero attached hydrogens (tertiary/aromatic N) is 4. The van der Waals surface area contributed by atoms with Crippen molar-refractivity contribution in [3.05, 3.63) is 166 Å². The van der Waals surface area contributed by atoms with E-state index < -0.39 is 47.1 Å². The van der Waals surface area contributed by atoms with Crippen molar-refractivity contribution in [1.29, 1.82) is 0 Å². The Hall–Kier alpha value is -5.84. The summed E-state index contributed by atoms with van der Waals surface area (Å²) in [5, 5.41) is 22.4. The molecule has 1 unspecified atom stereocenters. The molecule has 1 fully saturated rings. The van der Waals surface area contributed by atoms with Crippen LogP contribution in [0.5, 0.6) is 0 Å². The van der Waals surface area contributed by atoms with Crippen molar-refractivity contribution < 1.29 is 33.1 Å². The molecule has 4 heterocycles. The molecule has 2 aliphatic rings. The maximum absolute atomic E-state index is 13.7. The SMILES string of the molecule is O=C(O)C1=C(/C=C/Sc2cccnc2)CS[C@H]2C(NC(=O)C(=NOC(F)F)c3csc(NC(c4ccccc4)(c4ccccc4)c4ccccc4)n3)C(=O)N12. The highest BCUT2D eigenvalue weighted by Crippen LogP contribution is 2.42. The molecule has 7 rings (SSSR count). The standard InChI is InChI=1S/C39H30F2N6O5S3/c40-37(41)52-46-30(33(48)44-31-34(49)47-32(36(50)51)24(22-54-35(31)47)18-20-53-28-17-10-19-42-21-28)29-23-55-38(43-29)45-39(25-11-4-1-5-12-25,26-13-6-2-7-14-26)27-15-8-3-9-16-27/h1-21,23,31,35,37H,22H2,(H,43,45)(H,44,48)(H,50,51)/b20-18+,46-30?/t31?,35-/m0/s1. The summed E-state index contributed by atoms with van der Waals surface area (Å²) < 4.78 is 26.6. The number of allylic oxidation sites excluding steroid dienone is 1. The van der Waals surface area contributed by atoms with Crippen LogP contribution in [0.4, 0.5) is 13.9 Å². The van der Waals surface area contributed by atoms with Gasteiger partial charge in [0.05, 0.1) is 0 Å². The average molecular weight is 797 g/mol. The van der Waals surface area contributed by atoms with Gasteiger partial charge in [-0.15, -0.1) is 23.1 Å². The first-order chi connectivity index (χ1) is 26.8. The Morgan fingerprint density at radius 3 is 2.18 bits per heavy atom. The summed E-state index contributed by atoms with van der Waals surface area (Å²) in [6.07, 6.45) is 4.94. The second-order valence-corrected chi connectivity index (χ2v) is 14.9. The van der Waals surface area contributed by atoms with Crippen LogP contribution in [0.2, 0.25) is 0 Å². The topological polar surface area (TPSA) is 146 Å². The lowest BCUT2D eigenvalue weighted by Crippen LogP contribution is -2.71. The monoisotopic (exact) mass is 796 g/mol. The number of aliphatic carboxylic acids is 1. The summed E-state index contributed by atoms with van der Waals surface area (Å²) in [5.41, 5.74) is 1.21. The molecule has 2 atom stereocenters. The van der Waals surface area contributed by atoms with Crippen LogP contribution in [0.25, 0.3) is 0 Å². The maximum atomic E-state index is 13.7. The molecule has 0 aliphatic carbocycles. The normalized spacial score (nSPS) is 17.2. The van der Waals surface area contributed by atoms with Crippen LogP contribution in [-0.4, -0.2) is 67.2 Å². The number of halogens is 2. The molecule has 0 saturated carbocycles. The molecule has 3 N–H and O–H groups in total. The summed E-state index contributed by atoms with van der Waals surface area (Å²) in [7, 11) is 0. The molecule has 5 aromatic rings. The molecule has 3 aromatic carbocycles. The third kappa shape index (κ3) is 7.87. The number of nitrogens with one attached hydrogen (secondary N) is 2. The number of carboxylic acid groups (broad SMARTS) is 1. The van der Waals surface area contributed by atoms with Gasteiger partial charge in [-0.25, -0.2) is 9.78 Å². The number of aromatic nitrogens is 2. The number of carboxylic acids is 1. The third-order valence-electron chi connectivity index (χ3n) is 8.70. The fourth-order valence-electron chi connectivity index (χ4n) is 6.27. The number of carbonyl (C=O) groups excluding carboxylic acids is 2. The van der Waals surface area contributed by atoms with Gasteiger partial charge in [0, 0.05) is 28.4 Å². The molecule has 2 aromatic heterocycles. The number of anilines is 1.